The summed E-state index contributed by atoms with van der Waals surface area (Å²) < 4.78 is 14.6. The van der Waals surface area contributed by atoms with E-state index in [4.69, 9.17) is 0 Å². The molecule has 0 unspecified atom stereocenters. The summed E-state index contributed by atoms with van der Waals surface area (Å²) in [7, 11) is 0. The van der Waals surface area contributed by atoms with Crippen molar-refractivity contribution < 1.29 is 9.18 Å². The van der Waals surface area contributed by atoms with Crippen molar-refractivity contribution in [3.63, 3.8) is 0 Å². The molecule has 5 heteroatoms. The van der Waals surface area contributed by atoms with Crippen molar-refractivity contribution in [2.24, 2.45) is 0 Å². The van der Waals surface area contributed by atoms with E-state index >= 15 is 0 Å². The molecular weight excluding hydrogens is 275 g/mol. The summed E-state index contributed by atoms with van der Waals surface area (Å²) in [6, 6.07) is 8.18. The topological polar surface area (TPSA) is 34.9 Å². The van der Waals surface area contributed by atoms with Crippen LogP contribution >= 0.6 is 11.3 Å². The molecule has 100 valence electrons. The first kappa shape index (κ1) is 12.7. The summed E-state index contributed by atoms with van der Waals surface area (Å²) in [6.45, 7) is 0.505. The minimum Gasteiger partial charge on any atom is -0.298 e. The number of carbonyl (C=O) groups excluding carboxylic acids is 1. The number of nitrogens with zero attached hydrogens (tertiary/aromatic N) is 2. The van der Waals surface area contributed by atoms with Crippen LogP contribution in [-0.4, -0.2) is 16.1 Å². The number of hydrogen-bond donors (Lipinski definition) is 0. The van der Waals surface area contributed by atoms with Crippen molar-refractivity contribution in [3.8, 4) is 11.3 Å². The first-order valence-corrected chi connectivity index (χ1v) is 7.00. The number of aldehydes is 1. The van der Waals surface area contributed by atoms with Gasteiger partial charge in [-0.05, 0) is 29.1 Å². The third-order valence-electron chi connectivity index (χ3n) is 2.97. The van der Waals surface area contributed by atoms with Crippen LogP contribution in [0.4, 0.5) is 4.39 Å². The van der Waals surface area contributed by atoms with Gasteiger partial charge in [-0.2, -0.15) is 16.4 Å². The third-order valence-corrected chi connectivity index (χ3v) is 3.65. The van der Waals surface area contributed by atoms with E-state index in [0.717, 1.165) is 17.4 Å². The highest BCUT2D eigenvalue weighted by Gasteiger charge is 2.11. The quantitative estimate of drug-likeness (QED) is 0.687. The number of thiophene rings is 1. The first-order chi connectivity index (χ1) is 9.76. The number of hydrogen-bond acceptors (Lipinski definition) is 3. The summed E-state index contributed by atoms with van der Waals surface area (Å²) in [5, 5.41) is 8.34. The Labute approximate surface area is 119 Å². The van der Waals surface area contributed by atoms with Gasteiger partial charge >= 0.3 is 0 Å². The van der Waals surface area contributed by atoms with Crippen LogP contribution < -0.4 is 0 Å². The van der Waals surface area contributed by atoms with Crippen molar-refractivity contribution >= 4 is 17.6 Å². The van der Waals surface area contributed by atoms with Crippen LogP contribution in [0.25, 0.3) is 11.3 Å². The van der Waals surface area contributed by atoms with E-state index < -0.39 is 0 Å². The van der Waals surface area contributed by atoms with E-state index in [9.17, 15) is 9.18 Å². The summed E-state index contributed by atoms with van der Waals surface area (Å²) in [6.07, 6.45) is 2.52. The fourth-order valence-corrected chi connectivity index (χ4v) is 2.65. The molecule has 0 fully saturated rings. The van der Waals surface area contributed by atoms with Crippen LogP contribution in [0, 0.1) is 5.82 Å². The molecule has 0 bridgehead atoms. The Hall–Kier alpha value is -2.27. The van der Waals surface area contributed by atoms with Crippen LogP contribution in [-0.2, 0) is 6.54 Å². The van der Waals surface area contributed by atoms with Gasteiger partial charge in [0.2, 0.25) is 0 Å². The van der Waals surface area contributed by atoms with Gasteiger partial charge in [-0.1, -0.05) is 12.1 Å². The van der Waals surface area contributed by atoms with Gasteiger partial charge in [-0.3, -0.25) is 9.48 Å². The second-order valence-corrected chi connectivity index (χ2v) is 5.17. The maximum absolute atomic E-state index is 12.9. The maximum atomic E-state index is 12.9. The van der Waals surface area contributed by atoms with E-state index in [2.05, 4.69) is 5.10 Å². The van der Waals surface area contributed by atoms with Crippen LogP contribution in [0.2, 0.25) is 0 Å². The Morgan fingerprint density at radius 2 is 2.05 bits per heavy atom. The van der Waals surface area contributed by atoms with Gasteiger partial charge < -0.3 is 0 Å². The molecule has 2 aromatic heterocycles. The van der Waals surface area contributed by atoms with Crippen molar-refractivity contribution in [3.05, 3.63) is 64.2 Å². The zero-order valence-corrected chi connectivity index (χ0v) is 11.3. The molecule has 3 rings (SSSR count). The number of aromatic nitrogens is 2. The van der Waals surface area contributed by atoms with E-state index in [1.54, 1.807) is 34.3 Å². The average Bonchev–Trinajstić information content (AvgIpc) is 3.10. The van der Waals surface area contributed by atoms with Gasteiger partial charge in [0, 0.05) is 17.1 Å². The highest BCUT2D eigenvalue weighted by molar-refractivity contribution is 7.08. The molecule has 0 N–H and O–H groups in total. The summed E-state index contributed by atoms with van der Waals surface area (Å²) >= 11 is 1.56. The minimum atomic E-state index is -0.262. The van der Waals surface area contributed by atoms with Crippen molar-refractivity contribution in [1.29, 1.82) is 0 Å². The number of halogens is 1. The lowest BCUT2D eigenvalue weighted by Crippen LogP contribution is -2.00. The van der Waals surface area contributed by atoms with E-state index in [1.165, 1.54) is 12.1 Å². The first-order valence-electron chi connectivity index (χ1n) is 6.06. The van der Waals surface area contributed by atoms with Crippen LogP contribution in [0.1, 0.15) is 15.9 Å². The Morgan fingerprint density at radius 1 is 1.25 bits per heavy atom. The molecule has 1 aromatic carbocycles. The Bertz CT molecular complexity index is 717. The molecule has 20 heavy (non-hydrogen) atoms. The second-order valence-electron chi connectivity index (χ2n) is 4.39. The average molecular weight is 286 g/mol. The lowest BCUT2D eigenvalue weighted by molar-refractivity contribution is 0.112. The van der Waals surface area contributed by atoms with E-state index in [0.29, 0.717) is 17.8 Å². The molecule has 3 nitrogen and oxygen atoms in total. The summed E-state index contributed by atoms with van der Waals surface area (Å²) in [5.74, 6) is -0.262. The number of rotatable bonds is 4. The van der Waals surface area contributed by atoms with Gasteiger partial charge in [0.05, 0.1) is 12.1 Å². The molecular formula is C15H11FN2OS. The molecule has 0 amide bonds. The van der Waals surface area contributed by atoms with Crippen molar-refractivity contribution in [1.82, 2.24) is 9.78 Å². The molecule has 0 radical (unpaired) electrons. The third kappa shape index (κ3) is 2.53. The minimum absolute atomic E-state index is 0.262. The number of benzene rings is 1. The molecule has 0 atom stereocenters. The monoisotopic (exact) mass is 286 g/mol. The molecule has 0 saturated heterocycles. The van der Waals surface area contributed by atoms with E-state index in [1.807, 2.05) is 16.8 Å². The zero-order valence-electron chi connectivity index (χ0n) is 10.5. The van der Waals surface area contributed by atoms with Crippen LogP contribution in [0.15, 0.2) is 47.3 Å². The zero-order chi connectivity index (χ0) is 13.9. The smallest absolute Gasteiger partial charge is 0.153 e. The SMILES string of the molecule is O=Cc1cn(Cc2ccc(F)cc2)nc1-c1ccsc1. The highest BCUT2D eigenvalue weighted by atomic mass is 32.1. The van der Waals surface area contributed by atoms with E-state index in [-0.39, 0.29) is 5.82 Å². The molecule has 0 spiro atoms. The Morgan fingerprint density at radius 3 is 2.70 bits per heavy atom. The standard InChI is InChI=1S/C15H11FN2OS/c16-14-3-1-11(2-4-14)7-18-8-13(9-19)15(17-18)12-5-6-20-10-12/h1-6,8-10H,7H2. The van der Waals surface area contributed by atoms with Gasteiger partial charge in [-0.15, -0.1) is 0 Å². The maximum Gasteiger partial charge on any atom is 0.153 e. The van der Waals surface area contributed by atoms with Crippen LogP contribution in [0.3, 0.4) is 0 Å². The van der Waals surface area contributed by atoms with Gasteiger partial charge in [0.25, 0.3) is 0 Å². The molecule has 3 aromatic rings. The molecule has 2 heterocycles. The summed E-state index contributed by atoms with van der Waals surface area (Å²) in [5.41, 5.74) is 3.12. The lowest BCUT2D eigenvalue weighted by Gasteiger charge is -2.01. The molecule has 0 aliphatic carbocycles. The molecule has 0 aliphatic heterocycles. The molecule has 0 aliphatic rings. The van der Waals surface area contributed by atoms with Crippen molar-refractivity contribution in [2.45, 2.75) is 6.54 Å². The second kappa shape index (κ2) is 5.38. The lowest BCUT2D eigenvalue weighted by atomic mass is 10.2. The normalized spacial score (nSPS) is 10.7. The van der Waals surface area contributed by atoms with Crippen molar-refractivity contribution in [2.75, 3.05) is 0 Å². The molecule has 0 saturated carbocycles. The fraction of sp³-hybridized carbons (Fsp3) is 0.0667. The summed E-state index contributed by atoms with van der Waals surface area (Å²) in [4.78, 5) is 11.1. The van der Waals surface area contributed by atoms with Crippen LogP contribution in [0.5, 0.6) is 0 Å². The Balaban J connectivity index is 1.91. The Kier molecular flexibility index (Phi) is 3.43. The van der Waals surface area contributed by atoms with Gasteiger partial charge in [-0.25, -0.2) is 4.39 Å². The predicted octanol–water partition coefficient (Wildman–Crippen LogP) is 3.61. The fourth-order valence-electron chi connectivity index (χ4n) is 2.00. The largest absolute Gasteiger partial charge is 0.298 e. The highest BCUT2D eigenvalue weighted by Crippen LogP contribution is 2.23. The number of carbonyl (C=O) groups is 1. The predicted molar refractivity (Wildman–Crippen MR) is 76.4 cm³/mol. The van der Waals surface area contributed by atoms with Gasteiger partial charge in [0.1, 0.15) is 11.5 Å². The van der Waals surface area contributed by atoms with Gasteiger partial charge in [0.15, 0.2) is 6.29 Å².